The van der Waals surface area contributed by atoms with Crippen LogP contribution in [0.3, 0.4) is 0 Å². The van der Waals surface area contributed by atoms with Crippen molar-refractivity contribution in [2.24, 2.45) is 5.73 Å². The molecule has 1 aromatic heterocycles. The summed E-state index contributed by atoms with van der Waals surface area (Å²) in [5.74, 6) is 0. The highest BCUT2D eigenvalue weighted by Gasteiger charge is 2.08. The van der Waals surface area contributed by atoms with Crippen molar-refractivity contribution in [1.82, 2.24) is 0 Å². The number of rotatable bonds is 7. The van der Waals surface area contributed by atoms with Crippen LogP contribution in [0.25, 0.3) is 10.1 Å². The van der Waals surface area contributed by atoms with Gasteiger partial charge in [-0.15, -0.1) is 11.3 Å². The van der Waals surface area contributed by atoms with Gasteiger partial charge in [-0.3, -0.25) is 0 Å². The summed E-state index contributed by atoms with van der Waals surface area (Å²) in [6, 6.07) is 8.78. The predicted molar refractivity (Wildman–Crippen MR) is 79.2 cm³/mol. The van der Waals surface area contributed by atoms with Crippen LogP contribution in [-0.4, -0.2) is 19.3 Å². The van der Waals surface area contributed by atoms with Gasteiger partial charge in [-0.1, -0.05) is 18.2 Å². The van der Waals surface area contributed by atoms with Gasteiger partial charge in [-0.2, -0.15) is 0 Å². The lowest BCUT2D eigenvalue weighted by Gasteiger charge is -2.10. The van der Waals surface area contributed by atoms with E-state index in [9.17, 15) is 0 Å². The van der Waals surface area contributed by atoms with Crippen molar-refractivity contribution in [3.05, 3.63) is 35.2 Å². The molecule has 0 fully saturated rings. The fourth-order valence-corrected chi connectivity index (χ4v) is 3.14. The molecule has 0 radical (unpaired) electrons. The Kier molecular flexibility index (Phi) is 5.17. The molecule has 2 N–H and O–H groups in total. The molecular formula is C15H21NOS. The Labute approximate surface area is 113 Å². The Morgan fingerprint density at radius 1 is 1.33 bits per heavy atom. The summed E-state index contributed by atoms with van der Waals surface area (Å²) < 4.78 is 6.69. The van der Waals surface area contributed by atoms with Gasteiger partial charge in [0.15, 0.2) is 0 Å². The van der Waals surface area contributed by atoms with E-state index in [1.165, 1.54) is 15.6 Å². The Hall–Kier alpha value is -0.900. The first-order valence-corrected chi connectivity index (χ1v) is 7.47. The number of thiophene rings is 1. The maximum atomic E-state index is 6.19. The zero-order valence-corrected chi connectivity index (χ0v) is 11.7. The molecule has 0 amide bonds. The zero-order valence-electron chi connectivity index (χ0n) is 10.9. The molecule has 98 valence electrons. The Morgan fingerprint density at radius 2 is 2.17 bits per heavy atom. The molecule has 18 heavy (non-hydrogen) atoms. The van der Waals surface area contributed by atoms with Gasteiger partial charge in [0, 0.05) is 24.0 Å². The van der Waals surface area contributed by atoms with Crippen molar-refractivity contribution in [1.29, 1.82) is 0 Å². The van der Waals surface area contributed by atoms with E-state index in [2.05, 4.69) is 29.6 Å². The van der Waals surface area contributed by atoms with E-state index >= 15 is 0 Å². The van der Waals surface area contributed by atoms with Crippen molar-refractivity contribution in [3.63, 3.8) is 0 Å². The molecule has 0 spiro atoms. The van der Waals surface area contributed by atoms with Crippen LogP contribution >= 0.6 is 11.3 Å². The summed E-state index contributed by atoms with van der Waals surface area (Å²) in [5.41, 5.74) is 7.58. The molecule has 1 heterocycles. The summed E-state index contributed by atoms with van der Waals surface area (Å²) in [4.78, 5) is 0. The van der Waals surface area contributed by atoms with E-state index in [4.69, 9.17) is 10.5 Å². The molecule has 3 heteroatoms. The molecule has 1 unspecified atom stereocenters. The molecule has 0 aliphatic rings. The molecule has 1 aromatic carbocycles. The minimum absolute atomic E-state index is 0.239. The molecule has 2 nitrogen and oxygen atoms in total. The third kappa shape index (κ3) is 3.55. The third-order valence-corrected chi connectivity index (χ3v) is 4.12. The molecule has 0 bridgehead atoms. The zero-order chi connectivity index (χ0) is 12.8. The number of nitrogens with two attached hydrogens (primary N) is 1. The fraction of sp³-hybridized carbons (Fsp3) is 0.467. The van der Waals surface area contributed by atoms with E-state index in [1.54, 1.807) is 0 Å². The van der Waals surface area contributed by atoms with Crippen molar-refractivity contribution in [2.45, 2.75) is 32.2 Å². The van der Waals surface area contributed by atoms with E-state index in [0.29, 0.717) is 0 Å². The van der Waals surface area contributed by atoms with Gasteiger partial charge in [0.25, 0.3) is 0 Å². The maximum absolute atomic E-state index is 6.19. The highest BCUT2D eigenvalue weighted by Crippen LogP contribution is 2.26. The second kappa shape index (κ2) is 6.88. The number of fused-ring (bicyclic) bond motifs is 1. The van der Waals surface area contributed by atoms with E-state index < -0.39 is 0 Å². The van der Waals surface area contributed by atoms with E-state index in [0.717, 1.165) is 32.5 Å². The molecule has 1 atom stereocenters. The third-order valence-electron chi connectivity index (χ3n) is 3.11. The Bertz CT molecular complexity index is 480. The van der Waals surface area contributed by atoms with Gasteiger partial charge in [0.1, 0.15) is 0 Å². The number of ether oxygens (including phenoxy) is 1. The number of hydrogen-bond donors (Lipinski definition) is 1. The molecule has 2 aromatic rings. The lowest BCUT2D eigenvalue weighted by atomic mass is 10.0. The van der Waals surface area contributed by atoms with Crippen LogP contribution in [0.5, 0.6) is 0 Å². The monoisotopic (exact) mass is 263 g/mol. The van der Waals surface area contributed by atoms with Crippen LogP contribution in [0.4, 0.5) is 0 Å². The summed E-state index contributed by atoms with van der Waals surface area (Å²) >= 11 is 1.81. The van der Waals surface area contributed by atoms with Gasteiger partial charge < -0.3 is 10.5 Å². The van der Waals surface area contributed by atoms with Crippen LogP contribution in [-0.2, 0) is 11.2 Å². The molecule has 2 rings (SSSR count). The van der Waals surface area contributed by atoms with Crippen LogP contribution in [0.1, 0.15) is 25.3 Å². The van der Waals surface area contributed by atoms with Crippen LogP contribution in [0, 0.1) is 0 Å². The summed E-state index contributed by atoms with van der Waals surface area (Å²) in [6.07, 6.45) is 3.05. The van der Waals surface area contributed by atoms with Crippen LogP contribution < -0.4 is 5.73 Å². The second-order valence-corrected chi connectivity index (χ2v) is 5.47. The normalized spacial score (nSPS) is 13.0. The lowest BCUT2D eigenvalue weighted by molar-refractivity contribution is 0.142. The average Bonchev–Trinajstić information content (AvgIpc) is 2.78. The van der Waals surface area contributed by atoms with Crippen LogP contribution in [0.15, 0.2) is 29.6 Å². The molecule has 0 aliphatic heterocycles. The number of benzene rings is 1. The summed E-state index contributed by atoms with van der Waals surface area (Å²) in [5, 5.41) is 3.61. The smallest absolute Gasteiger partial charge is 0.0466 e. The highest BCUT2D eigenvalue weighted by molar-refractivity contribution is 7.17. The maximum Gasteiger partial charge on any atom is 0.0466 e. The lowest BCUT2D eigenvalue weighted by Crippen LogP contribution is -2.23. The molecular weight excluding hydrogens is 242 g/mol. The van der Waals surface area contributed by atoms with Crippen molar-refractivity contribution in [2.75, 3.05) is 13.2 Å². The minimum Gasteiger partial charge on any atom is -0.382 e. The first-order valence-electron chi connectivity index (χ1n) is 6.59. The van der Waals surface area contributed by atoms with E-state index in [1.807, 2.05) is 18.3 Å². The van der Waals surface area contributed by atoms with Crippen molar-refractivity contribution >= 4 is 21.4 Å². The highest BCUT2D eigenvalue weighted by atomic mass is 32.1. The van der Waals surface area contributed by atoms with Gasteiger partial charge in [0.2, 0.25) is 0 Å². The van der Waals surface area contributed by atoms with E-state index in [-0.39, 0.29) is 6.04 Å². The quantitative estimate of drug-likeness (QED) is 0.775. The molecule has 0 saturated heterocycles. The molecule has 0 aliphatic carbocycles. The van der Waals surface area contributed by atoms with Gasteiger partial charge in [0.05, 0.1) is 0 Å². The number of hydrogen-bond acceptors (Lipinski definition) is 3. The van der Waals surface area contributed by atoms with Crippen molar-refractivity contribution < 1.29 is 4.74 Å². The Morgan fingerprint density at radius 3 is 3.00 bits per heavy atom. The largest absolute Gasteiger partial charge is 0.382 e. The standard InChI is InChI=1S/C15H21NOS/c1-2-17-9-5-6-13(16)10-12-11-18-15-8-4-3-7-14(12)15/h3-4,7-8,11,13H,2,5-6,9-10,16H2,1H3. The summed E-state index contributed by atoms with van der Waals surface area (Å²) in [6.45, 7) is 3.65. The van der Waals surface area contributed by atoms with Gasteiger partial charge in [-0.25, -0.2) is 0 Å². The first kappa shape index (κ1) is 13.5. The first-order chi connectivity index (χ1) is 8.81. The SMILES string of the molecule is CCOCCCC(N)Cc1csc2ccccc12. The average molecular weight is 263 g/mol. The van der Waals surface area contributed by atoms with Crippen molar-refractivity contribution in [3.8, 4) is 0 Å². The van der Waals surface area contributed by atoms with Gasteiger partial charge >= 0.3 is 0 Å². The Balaban J connectivity index is 1.88. The minimum atomic E-state index is 0.239. The summed E-state index contributed by atoms with van der Waals surface area (Å²) in [7, 11) is 0. The predicted octanol–water partition coefficient (Wildman–Crippen LogP) is 3.59. The van der Waals surface area contributed by atoms with Crippen LogP contribution in [0.2, 0.25) is 0 Å². The second-order valence-electron chi connectivity index (χ2n) is 4.56. The van der Waals surface area contributed by atoms with Gasteiger partial charge in [-0.05, 0) is 48.6 Å². The topological polar surface area (TPSA) is 35.2 Å². The fourth-order valence-electron chi connectivity index (χ4n) is 2.17. The molecule has 0 saturated carbocycles.